The Morgan fingerprint density at radius 2 is 2.17 bits per heavy atom. The van der Waals surface area contributed by atoms with Crippen LogP contribution in [0.25, 0.3) is 11.2 Å². The zero-order chi connectivity index (χ0) is 13.1. The molecule has 98 valence electrons. The molecule has 2 heterocycles. The molecule has 0 N–H and O–H groups in total. The summed E-state index contributed by atoms with van der Waals surface area (Å²) in [6.07, 6.45) is 2.20. The number of imidazole rings is 1. The number of pyridine rings is 1. The summed E-state index contributed by atoms with van der Waals surface area (Å²) in [5, 5.41) is 0. The number of hydrogen-bond donors (Lipinski definition) is 0. The summed E-state index contributed by atoms with van der Waals surface area (Å²) in [6.45, 7) is 4.34. The second-order valence-corrected chi connectivity index (χ2v) is 4.63. The van der Waals surface area contributed by atoms with E-state index in [-0.39, 0.29) is 0 Å². The number of ether oxygens (including phenoxy) is 1. The highest BCUT2D eigenvalue weighted by Crippen LogP contribution is 2.25. The minimum Gasteiger partial charge on any atom is -0.481 e. The predicted octanol–water partition coefficient (Wildman–Crippen LogP) is 3.54. The van der Waals surface area contributed by atoms with E-state index in [9.17, 15) is 0 Å². The van der Waals surface area contributed by atoms with E-state index < -0.39 is 0 Å². The third-order valence-corrected chi connectivity index (χ3v) is 3.30. The molecule has 0 fully saturated rings. The molecule has 4 nitrogen and oxygen atoms in total. The van der Waals surface area contributed by atoms with Crippen LogP contribution in [0.15, 0.2) is 12.1 Å². The van der Waals surface area contributed by atoms with Crippen molar-refractivity contribution in [1.82, 2.24) is 14.5 Å². The van der Waals surface area contributed by atoms with Gasteiger partial charge in [0, 0.05) is 12.1 Å². The van der Waals surface area contributed by atoms with Gasteiger partial charge in [0.15, 0.2) is 5.65 Å². The largest absolute Gasteiger partial charge is 0.481 e. The summed E-state index contributed by atoms with van der Waals surface area (Å²) in [7, 11) is 1.62. The lowest BCUT2D eigenvalue weighted by Gasteiger charge is -2.15. The summed E-state index contributed by atoms with van der Waals surface area (Å²) in [5.74, 6) is 1.87. The zero-order valence-corrected chi connectivity index (χ0v) is 11.7. The quantitative estimate of drug-likeness (QED) is 0.778. The van der Waals surface area contributed by atoms with E-state index in [4.69, 9.17) is 16.3 Å². The van der Waals surface area contributed by atoms with Crippen LogP contribution in [-0.2, 0) is 5.88 Å². The molecule has 0 spiro atoms. The van der Waals surface area contributed by atoms with Crippen LogP contribution in [0.3, 0.4) is 0 Å². The van der Waals surface area contributed by atoms with Gasteiger partial charge in [0.2, 0.25) is 5.88 Å². The third-order valence-electron chi connectivity index (χ3n) is 3.06. The normalized spacial score (nSPS) is 12.9. The van der Waals surface area contributed by atoms with E-state index in [1.54, 1.807) is 7.11 Å². The summed E-state index contributed by atoms with van der Waals surface area (Å²) in [6, 6.07) is 4.09. The molecule has 2 aromatic rings. The van der Waals surface area contributed by atoms with Crippen molar-refractivity contribution in [2.24, 2.45) is 0 Å². The van der Waals surface area contributed by atoms with Crippen LogP contribution in [0.2, 0.25) is 0 Å². The van der Waals surface area contributed by atoms with Gasteiger partial charge in [0.1, 0.15) is 11.3 Å². The molecule has 1 unspecified atom stereocenters. The maximum Gasteiger partial charge on any atom is 0.215 e. The van der Waals surface area contributed by atoms with Crippen LogP contribution in [0.4, 0.5) is 0 Å². The Kier molecular flexibility index (Phi) is 4.07. The van der Waals surface area contributed by atoms with E-state index >= 15 is 0 Å². The molecule has 0 bridgehead atoms. The van der Waals surface area contributed by atoms with Gasteiger partial charge in [0.25, 0.3) is 0 Å². The van der Waals surface area contributed by atoms with Gasteiger partial charge in [-0.3, -0.25) is 0 Å². The minimum absolute atomic E-state index is 0.341. The maximum atomic E-state index is 5.98. The fourth-order valence-corrected chi connectivity index (χ4v) is 2.41. The molecule has 0 aliphatic carbocycles. The van der Waals surface area contributed by atoms with E-state index in [1.807, 2.05) is 12.1 Å². The van der Waals surface area contributed by atoms with Crippen LogP contribution in [0, 0.1) is 0 Å². The third kappa shape index (κ3) is 2.29. The Labute approximate surface area is 112 Å². The van der Waals surface area contributed by atoms with Crippen LogP contribution >= 0.6 is 11.6 Å². The highest BCUT2D eigenvalue weighted by molar-refractivity contribution is 6.16. The summed E-state index contributed by atoms with van der Waals surface area (Å²) >= 11 is 5.98. The van der Waals surface area contributed by atoms with Crippen LogP contribution in [0.5, 0.6) is 5.88 Å². The van der Waals surface area contributed by atoms with E-state index in [0.717, 1.165) is 29.8 Å². The summed E-state index contributed by atoms with van der Waals surface area (Å²) < 4.78 is 7.29. The number of nitrogens with zero attached hydrogens (tertiary/aromatic N) is 3. The van der Waals surface area contributed by atoms with Gasteiger partial charge in [-0.15, -0.1) is 11.6 Å². The molecular formula is C13H18ClN3O. The first-order valence-corrected chi connectivity index (χ1v) is 6.72. The first-order chi connectivity index (χ1) is 8.71. The maximum absolute atomic E-state index is 5.98. The molecule has 2 aromatic heterocycles. The molecule has 1 atom stereocenters. The second-order valence-electron chi connectivity index (χ2n) is 4.37. The minimum atomic E-state index is 0.341. The lowest BCUT2D eigenvalue weighted by Crippen LogP contribution is -2.09. The Balaban J connectivity index is 2.58. The number of rotatable bonds is 5. The van der Waals surface area contributed by atoms with Gasteiger partial charge in [0.05, 0.1) is 13.0 Å². The topological polar surface area (TPSA) is 39.9 Å². The van der Waals surface area contributed by atoms with Crippen LogP contribution in [-0.4, -0.2) is 21.6 Å². The SMILES string of the molecule is CCCC(C)n1c(CCl)nc2ccc(OC)nc21. The molecule has 0 aliphatic heterocycles. The monoisotopic (exact) mass is 267 g/mol. The van der Waals surface area contributed by atoms with E-state index in [1.165, 1.54) is 0 Å². The highest BCUT2D eigenvalue weighted by atomic mass is 35.5. The number of alkyl halides is 1. The van der Waals surface area contributed by atoms with Gasteiger partial charge in [-0.1, -0.05) is 13.3 Å². The first kappa shape index (κ1) is 13.1. The fourth-order valence-electron chi connectivity index (χ4n) is 2.22. The lowest BCUT2D eigenvalue weighted by atomic mass is 10.2. The molecule has 0 saturated heterocycles. The Hall–Kier alpha value is -1.29. The fraction of sp³-hybridized carbons (Fsp3) is 0.538. The highest BCUT2D eigenvalue weighted by Gasteiger charge is 2.16. The predicted molar refractivity (Wildman–Crippen MR) is 73.3 cm³/mol. The number of fused-ring (bicyclic) bond motifs is 1. The van der Waals surface area contributed by atoms with Crippen molar-refractivity contribution in [2.45, 2.75) is 38.6 Å². The molecule has 5 heteroatoms. The van der Waals surface area contributed by atoms with Gasteiger partial charge in [-0.25, -0.2) is 4.98 Å². The average molecular weight is 268 g/mol. The molecule has 0 amide bonds. The molecule has 0 aromatic carbocycles. The molecule has 0 radical (unpaired) electrons. The Bertz CT molecular complexity index is 538. The molecule has 18 heavy (non-hydrogen) atoms. The zero-order valence-electron chi connectivity index (χ0n) is 11.0. The smallest absolute Gasteiger partial charge is 0.215 e. The van der Waals surface area contributed by atoms with Crippen molar-refractivity contribution in [3.8, 4) is 5.88 Å². The summed E-state index contributed by atoms with van der Waals surface area (Å²) in [5.41, 5.74) is 1.72. The second kappa shape index (κ2) is 5.57. The van der Waals surface area contributed by atoms with E-state index in [2.05, 4.69) is 28.4 Å². The number of halogens is 1. The van der Waals surface area contributed by atoms with Gasteiger partial charge in [-0.2, -0.15) is 4.98 Å². The average Bonchev–Trinajstić information content (AvgIpc) is 2.76. The van der Waals surface area contributed by atoms with E-state index in [0.29, 0.717) is 17.8 Å². The van der Waals surface area contributed by atoms with Crippen molar-refractivity contribution in [1.29, 1.82) is 0 Å². The molecule has 0 saturated carbocycles. The Morgan fingerprint density at radius 1 is 1.39 bits per heavy atom. The van der Waals surface area contributed by atoms with Crippen molar-refractivity contribution >= 4 is 22.8 Å². The molecule has 2 rings (SSSR count). The number of hydrogen-bond acceptors (Lipinski definition) is 3. The molecule has 0 aliphatic rings. The van der Waals surface area contributed by atoms with Crippen molar-refractivity contribution in [2.75, 3.05) is 7.11 Å². The van der Waals surface area contributed by atoms with Crippen LogP contribution in [0.1, 0.15) is 38.6 Å². The standard InChI is InChI=1S/C13H18ClN3O/c1-4-5-9(2)17-11(8-14)15-10-6-7-12(18-3)16-13(10)17/h6-7,9H,4-5,8H2,1-3H3. The van der Waals surface area contributed by atoms with Crippen molar-refractivity contribution in [3.05, 3.63) is 18.0 Å². The summed E-state index contributed by atoms with van der Waals surface area (Å²) in [4.78, 5) is 9.01. The van der Waals surface area contributed by atoms with Gasteiger partial charge >= 0.3 is 0 Å². The molecular weight excluding hydrogens is 250 g/mol. The van der Waals surface area contributed by atoms with Gasteiger partial charge < -0.3 is 9.30 Å². The first-order valence-electron chi connectivity index (χ1n) is 6.19. The van der Waals surface area contributed by atoms with Gasteiger partial charge in [-0.05, 0) is 19.4 Å². The number of methoxy groups -OCH3 is 1. The lowest BCUT2D eigenvalue weighted by molar-refractivity contribution is 0.398. The van der Waals surface area contributed by atoms with Crippen LogP contribution < -0.4 is 4.74 Å². The van der Waals surface area contributed by atoms with Crippen molar-refractivity contribution < 1.29 is 4.74 Å². The van der Waals surface area contributed by atoms with Crippen molar-refractivity contribution in [3.63, 3.8) is 0 Å². The Morgan fingerprint density at radius 3 is 2.78 bits per heavy atom. The number of aromatic nitrogens is 3.